The minimum absolute atomic E-state index is 0.0286. The summed E-state index contributed by atoms with van der Waals surface area (Å²) in [6, 6.07) is 13.6. The number of fused-ring (bicyclic) bond motifs is 2. The van der Waals surface area contributed by atoms with Gasteiger partial charge in [0, 0.05) is 30.2 Å². The predicted octanol–water partition coefficient (Wildman–Crippen LogP) is 4.32. The van der Waals surface area contributed by atoms with E-state index in [1.807, 2.05) is 30.3 Å². The molecular weight excluding hydrogens is 573 g/mol. The number of carbonyl (C=O) groups excluding carboxylic acids is 1. The van der Waals surface area contributed by atoms with Crippen molar-refractivity contribution in [3.8, 4) is 17.1 Å². The first-order valence-electron chi connectivity index (χ1n) is 14.2. The Morgan fingerprint density at radius 2 is 1.79 bits per heavy atom. The molecule has 224 valence electrons. The zero-order chi connectivity index (χ0) is 30.3. The number of rotatable bonds is 5. The SMILES string of the molecule is C[C@@H]1CCS(=O)(=O)c2cc(C(=O)NCc3cc4nc(-c5cccc(N6C[C@@H](C)O[C@@H](C)C6)n5)ccc4cn3)cc(F)c2O1. The van der Waals surface area contributed by atoms with Gasteiger partial charge >= 0.3 is 0 Å². The molecule has 12 heteroatoms. The van der Waals surface area contributed by atoms with Crippen LogP contribution in [0.5, 0.6) is 5.75 Å². The first kappa shape index (κ1) is 28.9. The van der Waals surface area contributed by atoms with E-state index in [4.69, 9.17) is 19.4 Å². The zero-order valence-corrected chi connectivity index (χ0v) is 24.9. The van der Waals surface area contributed by atoms with Crippen LogP contribution < -0.4 is 15.0 Å². The van der Waals surface area contributed by atoms with Gasteiger partial charge in [-0.05, 0) is 69.7 Å². The van der Waals surface area contributed by atoms with Gasteiger partial charge in [0.25, 0.3) is 5.91 Å². The average molecular weight is 606 g/mol. The number of carbonyl (C=O) groups is 1. The number of nitrogens with one attached hydrogen (secondary N) is 1. The van der Waals surface area contributed by atoms with E-state index in [1.54, 1.807) is 19.2 Å². The molecule has 2 aliphatic rings. The van der Waals surface area contributed by atoms with Crippen LogP contribution in [0.1, 0.15) is 43.2 Å². The third kappa shape index (κ3) is 6.16. The van der Waals surface area contributed by atoms with Crippen molar-refractivity contribution in [3.63, 3.8) is 0 Å². The third-order valence-electron chi connectivity index (χ3n) is 7.52. The molecule has 10 nitrogen and oxygen atoms in total. The lowest BCUT2D eigenvalue weighted by atomic mass is 10.1. The number of nitrogens with zero attached hydrogens (tertiary/aromatic N) is 4. The van der Waals surface area contributed by atoms with Crippen molar-refractivity contribution >= 4 is 32.5 Å². The summed E-state index contributed by atoms with van der Waals surface area (Å²) in [5.41, 5.74) is 2.52. The fraction of sp³-hybridized carbons (Fsp3) is 0.355. The van der Waals surface area contributed by atoms with Gasteiger partial charge in [0.05, 0.1) is 53.2 Å². The summed E-state index contributed by atoms with van der Waals surface area (Å²) in [4.78, 5) is 28.9. The molecule has 0 aliphatic carbocycles. The van der Waals surface area contributed by atoms with Crippen molar-refractivity contribution in [1.82, 2.24) is 20.3 Å². The molecule has 4 aromatic rings. The number of morpholine rings is 1. The molecule has 5 heterocycles. The van der Waals surface area contributed by atoms with E-state index in [-0.39, 0.29) is 47.1 Å². The number of amides is 1. The highest BCUT2D eigenvalue weighted by molar-refractivity contribution is 7.91. The van der Waals surface area contributed by atoms with Crippen LogP contribution in [0.2, 0.25) is 0 Å². The first-order chi connectivity index (χ1) is 20.6. The van der Waals surface area contributed by atoms with Crippen LogP contribution in [-0.4, -0.2) is 66.4 Å². The molecule has 1 fully saturated rings. The zero-order valence-electron chi connectivity index (χ0n) is 24.1. The molecular formula is C31H32FN5O5S. The molecule has 0 unspecified atom stereocenters. The number of hydrogen-bond donors (Lipinski definition) is 1. The van der Waals surface area contributed by atoms with Crippen molar-refractivity contribution in [2.45, 2.75) is 56.9 Å². The van der Waals surface area contributed by atoms with E-state index in [0.29, 0.717) is 16.9 Å². The lowest BCUT2D eigenvalue weighted by Gasteiger charge is -2.36. The molecule has 3 atom stereocenters. The van der Waals surface area contributed by atoms with E-state index < -0.39 is 27.7 Å². The molecule has 3 aromatic heterocycles. The van der Waals surface area contributed by atoms with E-state index in [2.05, 4.69) is 29.0 Å². The minimum atomic E-state index is -3.80. The molecule has 0 radical (unpaired) electrons. The minimum Gasteiger partial charge on any atom is -0.486 e. The Morgan fingerprint density at radius 1 is 1.02 bits per heavy atom. The monoisotopic (exact) mass is 605 g/mol. The molecule has 1 aromatic carbocycles. The Morgan fingerprint density at radius 3 is 2.58 bits per heavy atom. The second-order valence-electron chi connectivity index (χ2n) is 11.1. The van der Waals surface area contributed by atoms with Crippen molar-refractivity contribution < 1.29 is 27.1 Å². The predicted molar refractivity (Wildman–Crippen MR) is 159 cm³/mol. The highest BCUT2D eigenvalue weighted by atomic mass is 32.2. The smallest absolute Gasteiger partial charge is 0.251 e. The molecule has 2 aliphatic heterocycles. The van der Waals surface area contributed by atoms with Crippen molar-refractivity contribution in [1.29, 1.82) is 0 Å². The number of pyridine rings is 3. The van der Waals surface area contributed by atoms with Crippen LogP contribution in [0.3, 0.4) is 0 Å². The average Bonchev–Trinajstić information content (AvgIpc) is 3.10. The van der Waals surface area contributed by atoms with Crippen LogP contribution in [0.4, 0.5) is 10.2 Å². The number of sulfone groups is 1. The number of hydrogen-bond acceptors (Lipinski definition) is 9. The highest BCUT2D eigenvalue weighted by Gasteiger charge is 2.30. The summed E-state index contributed by atoms with van der Waals surface area (Å²) >= 11 is 0. The van der Waals surface area contributed by atoms with E-state index >= 15 is 0 Å². The van der Waals surface area contributed by atoms with Gasteiger partial charge in [-0.15, -0.1) is 0 Å². The van der Waals surface area contributed by atoms with Crippen LogP contribution in [0, 0.1) is 5.82 Å². The molecule has 6 rings (SSSR count). The molecule has 43 heavy (non-hydrogen) atoms. The van der Waals surface area contributed by atoms with Gasteiger partial charge in [0.1, 0.15) is 10.7 Å². The molecule has 1 saturated heterocycles. The fourth-order valence-corrected chi connectivity index (χ4v) is 7.01. The molecule has 1 amide bonds. The maximum Gasteiger partial charge on any atom is 0.251 e. The van der Waals surface area contributed by atoms with Gasteiger partial charge in [0.15, 0.2) is 21.4 Å². The Hall–Kier alpha value is -4.16. The standard InChI is InChI=1S/C31H32FN5O5S/c1-18-9-10-43(39,40)28-12-22(11-24(32)30(28)42-18)31(38)34-15-23-13-27-21(14-33-23)7-8-26(35-27)25-5-4-6-29(36-25)37-16-19(2)41-20(3)17-37/h4-8,11-14,18-20H,9-10,15-17H2,1-3H3,(H,34,38)/t18-,19-,20+/m1/s1. The summed E-state index contributed by atoms with van der Waals surface area (Å²) < 4.78 is 51.7. The second-order valence-corrected chi connectivity index (χ2v) is 13.2. The van der Waals surface area contributed by atoms with E-state index in [9.17, 15) is 17.6 Å². The van der Waals surface area contributed by atoms with Gasteiger partial charge in [-0.3, -0.25) is 9.78 Å². The molecule has 0 spiro atoms. The van der Waals surface area contributed by atoms with Gasteiger partial charge in [0.2, 0.25) is 0 Å². The topological polar surface area (TPSA) is 124 Å². The summed E-state index contributed by atoms with van der Waals surface area (Å²) in [5, 5.41) is 3.52. The quantitative estimate of drug-likeness (QED) is 0.354. The van der Waals surface area contributed by atoms with Gasteiger partial charge < -0.3 is 19.7 Å². The molecule has 0 saturated carbocycles. The summed E-state index contributed by atoms with van der Waals surface area (Å²) in [6.45, 7) is 7.33. The Labute approximate surface area is 249 Å². The Balaban J connectivity index is 1.21. The Bertz CT molecular complexity index is 1810. The first-order valence-corrected chi connectivity index (χ1v) is 15.9. The van der Waals surface area contributed by atoms with E-state index in [0.717, 1.165) is 36.1 Å². The normalized spacial score (nSPS) is 21.5. The van der Waals surface area contributed by atoms with Crippen LogP contribution in [-0.2, 0) is 21.1 Å². The van der Waals surface area contributed by atoms with Gasteiger partial charge in [-0.25, -0.2) is 22.8 Å². The molecule has 0 bridgehead atoms. The highest BCUT2D eigenvalue weighted by Crippen LogP contribution is 2.34. The summed E-state index contributed by atoms with van der Waals surface area (Å²) in [6.07, 6.45) is 1.66. The second kappa shape index (κ2) is 11.5. The summed E-state index contributed by atoms with van der Waals surface area (Å²) in [7, 11) is -3.80. The fourth-order valence-electron chi connectivity index (χ4n) is 5.41. The maximum absolute atomic E-state index is 14.9. The van der Waals surface area contributed by atoms with Crippen LogP contribution in [0.15, 0.2) is 59.6 Å². The number of halogens is 1. The largest absolute Gasteiger partial charge is 0.486 e. The lowest BCUT2D eigenvalue weighted by molar-refractivity contribution is -0.00545. The maximum atomic E-state index is 14.9. The summed E-state index contributed by atoms with van der Waals surface area (Å²) in [5.74, 6) is -1.19. The van der Waals surface area contributed by atoms with Crippen LogP contribution in [0.25, 0.3) is 22.3 Å². The number of benzene rings is 1. The van der Waals surface area contributed by atoms with E-state index in [1.165, 1.54) is 6.07 Å². The van der Waals surface area contributed by atoms with Gasteiger partial charge in [-0.2, -0.15) is 0 Å². The molecule has 1 N–H and O–H groups in total. The van der Waals surface area contributed by atoms with Crippen molar-refractivity contribution in [3.05, 3.63) is 71.8 Å². The number of aromatic nitrogens is 3. The lowest BCUT2D eigenvalue weighted by Crippen LogP contribution is -2.45. The van der Waals surface area contributed by atoms with Gasteiger partial charge in [-0.1, -0.05) is 6.07 Å². The Kier molecular flexibility index (Phi) is 7.74. The number of anilines is 1. The van der Waals surface area contributed by atoms with Crippen LogP contribution >= 0.6 is 0 Å². The van der Waals surface area contributed by atoms with Crippen molar-refractivity contribution in [2.24, 2.45) is 0 Å². The van der Waals surface area contributed by atoms with Crippen molar-refractivity contribution in [2.75, 3.05) is 23.7 Å². The third-order valence-corrected chi connectivity index (χ3v) is 9.27. The number of ether oxygens (including phenoxy) is 2.